The Hall–Kier alpha value is -0.790. The SMILES string of the molecule is CC(C)=CC1C(C(=O)N2CCCCC2C)C1(C)C. The summed E-state index contributed by atoms with van der Waals surface area (Å²) in [5.74, 6) is 1.06. The number of nitrogens with zero attached hydrogens (tertiary/aromatic N) is 1. The molecule has 0 aromatic rings. The van der Waals surface area contributed by atoms with Gasteiger partial charge in [-0.3, -0.25) is 4.79 Å². The molecule has 2 rings (SSSR count). The molecule has 2 aliphatic rings. The summed E-state index contributed by atoms with van der Waals surface area (Å²) in [6.07, 6.45) is 5.91. The number of carbonyl (C=O) groups is 1. The third-order valence-corrected chi connectivity index (χ3v) is 4.78. The summed E-state index contributed by atoms with van der Waals surface area (Å²) in [5, 5.41) is 0. The highest BCUT2D eigenvalue weighted by Crippen LogP contribution is 2.60. The van der Waals surface area contributed by atoms with Gasteiger partial charge in [-0.05, 0) is 51.4 Å². The first-order chi connectivity index (χ1) is 8.35. The largest absolute Gasteiger partial charge is 0.340 e. The molecule has 1 amide bonds. The van der Waals surface area contributed by atoms with Gasteiger partial charge < -0.3 is 4.90 Å². The Bertz CT molecular complexity index is 365. The fourth-order valence-corrected chi connectivity index (χ4v) is 3.42. The zero-order valence-electron chi connectivity index (χ0n) is 12.5. The van der Waals surface area contributed by atoms with Crippen molar-refractivity contribution >= 4 is 5.91 Å². The molecule has 1 heterocycles. The van der Waals surface area contributed by atoms with E-state index in [1.54, 1.807) is 0 Å². The van der Waals surface area contributed by atoms with Crippen LogP contribution < -0.4 is 0 Å². The van der Waals surface area contributed by atoms with Gasteiger partial charge >= 0.3 is 0 Å². The highest BCUT2D eigenvalue weighted by molar-refractivity contribution is 5.84. The van der Waals surface area contributed by atoms with Gasteiger partial charge in [0.2, 0.25) is 5.91 Å². The summed E-state index contributed by atoms with van der Waals surface area (Å²) in [4.78, 5) is 14.8. The normalized spacial score (nSPS) is 34.1. The zero-order valence-corrected chi connectivity index (χ0v) is 12.5. The average Bonchev–Trinajstić information content (AvgIpc) is 2.79. The molecule has 2 fully saturated rings. The quantitative estimate of drug-likeness (QED) is 0.684. The molecule has 0 aromatic carbocycles. The molecule has 3 unspecified atom stereocenters. The highest BCUT2D eigenvalue weighted by Gasteiger charge is 2.61. The van der Waals surface area contributed by atoms with Gasteiger partial charge in [-0.1, -0.05) is 25.5 Å². The lowest BCUT2D eigenvalue weighted by atomic mass is 10.0. The maximum Gasteiger partial charge on any atom is 0.227 e. The van der Waals surface area contributed by atoms with E-state index < -0.39 is 0 Å². The van der Waals surface area contributed by atoms with Crippen LogP contribution in [0.15, 0.2) is 11.6 Å². The van der Waals surface area contributed by atoms with E-state index in [1.165, 1.54) is 24.8 Å². The summed E-state index contributed by atoms with van der Waals surface area (Å²) in [5.41, 5.74) is 1.49. The number of likely N-dealkylation sites (tertiary alicyclic amines) is 1. The molecular formula is C16H27NO. The molecule has 0 N–H and O–H groups in total. The van der Waals surface area contributed by atoms with Gasteiger partial charge in [-0.25, -0.2) is 0 Å². The lowest BCUT2D eigenvalue weighted by Crippen LogP contribution is -2.43. The maximum atomic E-state index is 12.7. The highest BCUT2D eigenvalue weighted by atomic mass is 16.2. The molecule has 1 saturated heterocycles. The van der Waals surface area contributed by atoms with Crippen molar-refractivity contribution in [3.05, 3.63) is 11.6 Å². The van der Waals surface area contributed by atoms with Crippen LogP contribution in [0, 0.1) is 17.3 Å². The van der Waals surface area contributed by atoms with Crippen molar-refractivity contribution in [2.45, 2.75) is 59.9 Å². The molecule has 0 spiro atoms. The molecular weight excluding hydrogens is 222 g/mol. The minimum Gasteiger partial charge on any atom is -0.340 e. The number of amides is 1. The van der Waals surface area contributed by atoms with Crippen molar-refractivity contribution < 1.29 is 4.79 Å². The van der Waals surface area contributed by atoms with Crippen LogP contribution in [0.4, 0.5) is 0 Å². The summed E-state index contributed by atoms with van der Waals surface area (Å²) in [7, 11) is 0. The minimum atomic E-state index is 0.158. The van der Waals surface area contributed by atoms with Gasteiger partial charge in [0.05, 0.1) is 5.92 Å². The smallest absolute Gasteiger partial charge is 0.227 e. The van der Waals surface area contributed by atoms with Crippen LogP contribution in [0.2, 0.25) is 0 Å². The van der Waals surface area contributed by atoms with Gasteiger partial charge in [0.1, 0.15) is 0 Å². The number of hydrogen-bond donors (Lipinski definition) is 0. The predicted molar refractivity (Wildman–Crippen MR) is 75.2 cm³/mol. The Balaban J connectivity index is 2.08. The molecule has 102 valence electrons. The number of allylic oxidation sites excluding steroid dienone is 2. The number of hydrogen-bond acceptors (Lipinski definition) is 1. The molecule has 0 radical (unpaired) electrons. The lowest BCUT2D eigenvalue weighted by molar-refractivity contribution is -0.136. The first kappa shape index (κ1) is 13.6. The van der Waals surface area contributed by atoms with E-state index in [-0.39, 0.29) is 11.3 Å². The van der Waals surface area contributed by atoms with E-state index in [0.717, 1.165) is 6.54 Å². The van der Waals surface area contributed by atoms with E-state index in [9.17, 15) is 4.79 Å². The van der Waals surface area contributed by atoms with Crippen molar-refractivity contribution in [2.24, 2.45) is 17.3 Å². The predicted octanol–water partition coefficient (Wildman–Crippen LogP) is 3.63. The van der Waals surface area contributed by atoms with Gasteiger partial charge in [-0.15, -0.1) is 0 Å². The second-order valence-electron chi connectivity index (χ2n) is 6.95. The number of rotatable bonds is 2. The molecule has 1 saturated carbocycles. The summed E-state index contributed by atoms with van der Waals surface area (Å²) < 4.78 is 0. The average molecular weight is 249 g/mol. The van der Waals surface area contributed by atoms with Gasteiger partial charge in [0, 0.05) is 12.6 Å². The zero-order chi connectivity index (χ0) is 13.5. The Morgan fingerprint density at radius 1 is 1.28 bits per heavy atom. The van der Waals surface area contributed by atoms with E-state index in [2.05, 4.69) is 45.6 Å². The molecule has 1 aliphatic carbocycles. The topological polar surface area (TPSA) is 20.3 Å². The van der Waals surface area contributed by atoms with E-state index >= 15 is 0 Å². The molecule has 2 heteroatoms. The second kappa shape index (κ2) is 4.71. The van der Waals surface area contributed by atoms with Crippen LogP contribution in [0.3, 0.4) is 0 Å². The summed E-state index contributed by atoms with van der Waals surface area (Å²) in [6, 6.07) is 0.440. The van der Waals surface area contributed by atoms with Gasteiger partial charge in [-0.2, -0.15) is 0 Å². The Morgan fingerprint density at radius 3 is 2.50 bits per heavy atom. The lowest BCUT2D eigenvalue weighted by Gasteiger charge is -2.34. The van der Waals surface area contributed by atoms with E-state index in [4.69, 9.17) is 0 Å². The van der Waals surface area contributed by atoms with Crippen molar-refractivity contribution in [1.29, 1.82) is 0 Å². The summed E-state index contributed by atoms with van der Waals surface area (Å²) >= 11 is 0. The number of carbonyl (C=O) groups excluding carboxylic acids is 1. The third-order valence-electron chi connectivity index (χ3n) is 4.78. The first-order valence-electron chi connectivity index (χ1n) is 7.31. The molecule has 18 heavy (non-hydrogen) atoms. The van der Waals surface area contributed by atoms with Crippen molar-refractivity contribution in [2.75, 3.05) is 6.54 Å². The third kappa shape index (κ3) is 2.34. The van der Waals surface area contributed by atoms with Crippen molar-refractivity contribution in [3.8, 4) is 0 Å². The Labute approximate surface area is 111 Å². The fraction of sp³-hybridized carbons (Fsp3) is 0.812. The monoisotopic (exact) mass is 249 g/mol. The standard InChI is InChI=1S/C16H27NO/c1-11(2)10-13-14(16(13,4)5)15(18)17-9-7-6-8-12(17)3/h10,12-14H,6-9H2,1-5H3. The first-order valence-corrected chi connectivity index (χ1v) is 7.31. The summed E-state index contributed by atoms with van der Waals surface area (Å²) in [6.45, 7) is 11.9. The van der Waals surface area contributed by atoms with Crippen LogP contribution >= 0.6 is 0 Å². The molecule has 0 aromatic heterocycles. The fourth-order valence-electron chi connectivity index (χ4n) is 3.42. The van der Waals surface area contributed by atoms with Gasteiger partial charge in [0.15, 0.2) is 0 Å². The van der Waals surface area contributed by atoms with E-state index in [0.29, 0.717) is 17.9 Å². The maximum absolute atomic E-state index is 12.7. The van der Waals surface area contributed by atoms with Crippen LogP contribution in [0.1, 0.15) is 53.9 Å². The molecule has 1 aliphatic heterocycles. The molecule has 3 atom stereocenters. The molecule has 0 bridgehead atoms. The van der Waals surface area contributed by atoms with Gasteiger partial charge in [0.25, 0.3) is 0 Å². The van der Waals surface area contributed by atoms with Crippen molar-refractivity contribution in [3.63, 3.8) is 0 Å². The van der Waals surface area contributed by atoms with Crippen LogP contribution in [0.25, 0.3) is 0 Å². The van der Waals surface area contributed by atoms with Crippen LogP contribution in [-0.4, -0.2) is 23.4 Å². The van der Waals surface area contributed by atoms with Crippen molar-refractivity contribution in [1.82, 2.24) is 4.90 Å². The van der Waals surface area contributed by atoms with Crippen LogP contribution in [-0.2, 0) is 4.79 Å². The Morgan fingerprint density at radius 2 is 1.94 bits per heavy atom. The minimum absolute atomic E-state index is 0.158. The number of piperidine rings is 1. The Kier molecular flexibility index (Phi) is 3.57. The van der Waals surface area contributed by atoms with Crippen LogP contribution in [0.5, 0.6) is 0 Å². The van der Waals surface area contributed by atoms with E-state index in [1.807, 2.05) is 0 Å². The molecule has 2 nitrogen and oxygen atoms in total. The second-order valence-corrected chi connectivity index (χ2v) is 6.95.